The van der Waals surface area contributed by atoms with Gasteiger partial charge in [-0.1, -0.05) is 31.5 Å². The predicted molar refractivity (Wildman–Crippen MR) is 136 cm³/mol. The average molecular weight is 502 g/mol. The molecule has 7 nitrogen and oxygen atoms in total. The molecule has 0 unspecified atom stereocenters. The van der Waals surface area contributed by atoms with E-state index in [1.165, 1.54) is 21.0 Å². The van der Waals surface area contributed by atoms with Gasteiger partial charge in [0.1, 0.15) is 6.54 Å². The van der Waals surface area contributed by atoms with Crippen LogP contribution in [0.1, 0.15) is 38.7 Å². The summed E-state index contributed by atoms with van der Waals surface area (Å²) in [6, 6.07) is 12.4. The first-order valence-electron chi connectivity index (χ1n) is 11.6. The summed E-state index contributed by atoms with van der Waals surface area (Å²) in [5, 5.41) is 2.85. The van der Waals surface area contributed by atoms with E-state index in [9.17, 15) is 18.0 Å². The maximum Gasteiger partial charge on any atom is 0.244 e. The summed E-state index contributed by atoms with van der Waals surface area (Å²) in [6.45, 7) is 6.87. The molecule has 2 aliphatic heterocycles. The fourth-order valence-electron chi connectivity index (χ4n) is 4.25. The summed E-state index contributed by atoms with van der Waals surface area (Å²) in [5.41, 5.74) is 2.21. The molecule has 0 aliphatic carbocycles. The van der Waals surface area contributed by atoms with Gasteiger partial charge >= 0.3 is 0 Å². The third-order valence-corrected chi connectivity index (χ3v) is 9.39. The third kappa shape index (κ3) is 5.47. The Labute approximate surface area is 205 Å². The van der Waals surface area contributed by atoms with Crippen molar-refractivity contribution < 1.29 is 18.0 Å². The third-order valence-electron chi connectivity index (χ3n) is 6.33. The van der Waals surface area contributed by atoms with Gasteiger partial charge in [-0.05, 0) is 56.0 Å². The Hall–Kier alpha value is -2.36. The Kier molecular flexibility index (Phi) is 7.35. The molecule has 0 saturated carbocycles. The fourth-order valence-corrected chi connectivity index (χ4v) is 6.83. The molecule has 2 aromatic carbocycles. The standard InChI is InChI=1S/C25H31N3O4S2/c1-17-4-6-20(7-5-17)26-24(29)16-28-22-15-21(8-9-23(22)33-19(3)14-25(28)30)34(31,32)27-12-10-18(2)11-13-27/h4-9,15,18-19H,10-14,16H2,1-3H3,(H,26,29)/t19-/m0/s1. The van der Waals surface area contributed by atoms with Gasteiger partial charge in [-0.3, -0.25) is 9.59 Å². The highest BCUT2D eigenvalue weighted by atomic mass is 32.2. The van der Waals surface area contributed by atoms with Gasteiger partial charge < -0.3 is 10.2 Å². The molecule has 0 aromatic heterocycles. The zero-order valence-electron chi connectivity index (χ0n) is 19.8. The molecule has 0 radical (unpaired) electrons. The van der Waals surface area contributed by atoms with Gasteiger partial charge in [-0.15, -0.1) is 11.8 Å². The van der Waals surface area contributed by atoms with Crippen molar-refractivity contribution in [3.8, 4) is 0 Å². The highest BCUT2D eigenvalue weighted by Crippen LogP contribution is 2.40. The van der Waals surface area contributed by atoms with Gasteiger partial charge in [0.15, 0.2) is 0 Å². The molecule has 182 valence electrons. The zero-order chi connectivity index (χ0) is 24.5. The molecule has 2 aliphatic rings. The number of sulfonamides is 1. The van der Waals surface area contributed by atoms with E-state index in [4.69, 9.17) is 0 Å². The minimum Gasteiger partial charge on any atom is -0.325 e. The van der Waals surface area contributed by atoms with Crippen LogP contribution in [0.5, 0.6) is 0 Å². The highest BCUT2D eigenvalue weighted by molar-refractivity contribution is 8.00. The van der Waals surface area contributed by atoms with Gasteiger partial charge in [0.05, 0.1) is 10.6 Å². The SMILES string of the molecule is Cc1ccc(NC(=O)CN2C(=O)C[C@H](C)Sc3ccc(S(=O)(=O)N4CCC(C)CC4)cc32)cc1. The fraction of sp³-hybridized carbons (Fsp3) is 0.440. The minimum atomic E-state index is -3.68. The van der Waals surface area contributed by atoms with Crippen molar-refractivity contribution in [3.05, 3.63) is 48.0 Å². The number of carbonyl (C=O) groups excluding carboxylic acids is 2. The molecule has 1 saturated heterocycles. The molecule has 1 atom stereocenters. The summed E-state index contributed by atoms with van der Waals surface area (Å²) in [4.78, 5) is 28.3. The number of carbonyl (C=O) groups is 2. The van der Waals surface area contributed by atoms with E-state index in [0.717, 1.165) is 23.3 Å². The molecule has 2 heterocycles. The van der Waals surface area contributed by atoms with Crippen LogP contribution in [-0.2, 0) is 19.6 Å². The second-order valence-corrected chi connectivity index (χ2v) is 12.7. The molecule has 2 amide bonds. The largest absolute Gasteiger partial charge is 0.325 e. The molecule has 4 rings (SSSR count). The van der Waals surface area contributed by atoms with Crippen molar-refractivity contribution in [1.29, 1.82) is 0 Å². The quantitative estimate of drug-likeness (QED) is 0.661. The predicted octanol–water partition coefficient (Wildman–Crippen LogP) is 4.27. The van der Waals surface area contributed by atoms with Crippen LogP contribution in [0.4, 0.5) is 11.4 Å². The smallest absolute Gasteiger partial charge is 0.244 e. The normalized spacial score (nSPS) is 20.0. The maximum atomic E-state index is 13.3. The number of nitrogens with one attached hydrogen (secondary N) is 1. The van der Waals surface area contributed by atoms with Crippen molar-refractivity contribution in [3.63, 3.8) is 0 Å². The zero-order valence-corrected chi connectivity index (χ0v) is 21.4. The van der Waals surface area contributed by atoms with Crippen molar-refractivity contribution in [2.45, 2.75) is 55.1 Å². The van der Waals surface area contributed by atoms with Crippen LogP contribution in [0.2, 0.25) is 0 Å². The minimum absolute atomic E-state index is 0.0162. The molecule has 2 aromatic rings. The van der Waals surface area contributed by atoms with Crippen LogP contribution in [0.25, 0.3) is 0 Å². The topological polar surface area (TPSA) is 86.8 Å². The molecular weight excluding hydrogens is 470 g/mol. The van der Waals surface area contributed by atoms with Crippen LogP contribution in [0.3, 0.4) is 0 Å². The van der Waals surface area contributed by atoms with Gasteiger partial charge in [0.25, 0.3) is 0 Å². The van der Waals surface area contributed by atoms with E-state index in [1.807, 2.05) is 38.1 Å². The number of piperidine rings is 1. The lowest BCUT2D eigenvalue weighted by atomic mass is 10.0. The molecule has 1 N–H and O–H groups in total. The van der Waals surface area contributed by atoms with Gasteiger partial charge in [-0.25, -0.2) is 8.42 Å². The van der Waals surface area contributed by atoms with E-state index in [0.29, 0.717) is 30.4 Å². The number of benzene rings is 2. The summed E-state index contributed by atoms with van der Waals surface area (Å²) in [7, 11) is -3.68. The molecule has 34 heavy (non-hydrogen) atoms. The summed E-state index contributed by atoms with van der Waals surface area (Å²) >= 11 is 1.53. The van der Waals surface area contributed by atoms with Crippen molar-refractivity contribution >= 4 is 45.0 Å². The van der Waals surface area contributed by atoms with Crippen molar-refractivity contribution in [2.75, 3.05) is 29.9 Å². The number of hydrogen-bond acceptors (Lipinski definition) is 5. The molecule has 9 heteroatoms. The average Bonchev–Trinajstić information content (AvgIpc) is 2.90. The van der Waals surface area contributed by atoms with E-state index >= 15 is 0 Å². The van der Waals surface area contributed by atoms with Crippen LogP contribution >= 0.6 is 11.8 Å². The second kappa shape index (κ2) is 10.1. The Morgan fingerprint density at radius 2 is 1.76 bits per heavy atom. The van der Waals surface area contributed by atoms with Crippen molar-refractivity contribution in [2.24, 2.45) is 5.92 Å². The lowest BCUT2D eigenvalue weighted by molar-refractivity contribution is -0.121. The highest BCUT2D eigenvalue weighted by Gasteiger charge is 2.32. The number of aryl methyl sites for hydroxylation is 1. The lowest BCUT2D eigenvalue weighted by Gasteiger charge is -2.30. The van der Waals surface area contributed by atoms with E-state index < -0.39 is 10.0 Å². The Balaban J connectivity index is 1.62. The number of fused-ring (bicyclic) bond motifs is 1. The summed E-state index contributed by atoms with van der Waals surface area (Å²) in [5.74, 6) is -0.0170. The summed E-state index contributed by atoms with van der Waals surface area (Å²) < 4.78 is 28.2. The molecule has 0 spiro atoms. The van der Waals surface area contributed by atoms with Gasteiger partial charge in [0.2, 0.25) is 21.8 Å². The number of nitrogens with zero attached hydrogens (tertiary/aromatic N) is 2. The first-order chi connectivity index (χ1) is 16.1. The Morgan fingerprint density at radius 3 is 2.44 bits per heavy atom. The molecular formula is C25H31N3O4S2. The Morgan fingerprint density at radius 1 is 1.09 bits per heavy atom. The number of hydrogen-bond donors (Lipinski definition) is 1. The monoisotopic (exact) mass is 501 g/mol. The first-order valence-corrected chi connectivity index (χ1v) is 13.9. The second-order valence-electron chi connectivity index (χ2n) is 9.24. The number of thioether (sulfide) groups is 1. The molecule has 1 fully saturated rings. The van der Waals surface area contributed by atoms with Crippen LogP contribution in [-0.4, -0.2) is 49.4 Å². The molecule has 0 bridgehead atoms. The van der Waals surface area contributed by atoms with E-state index in [2.05, 4.69) is 12.2 Å². The number of anilines is 2. The lowest BCUT2D eigenvalue weighted by Crippen LogP contribution is -2.39. The van der Waals surface area contributed by atoms with Gasteiger partial charge in [-0.2, -0.15) is 4.31 Å². The van der Waals surface area contributed by atoms with Gasteiger partial charge in [0, 0.05) is 35.3 Å². The van der Waals surface area contributed by atoms with Crippen molar-refractivity contribution in [1.82, 2.24) is 4.31 Å². The number of amides is 2. The Bertz CT molecular complexity index is 1170. The van der Waals surface area contributed by atoms with Crippen LogP contribution in [0.15, 0.2) is 52.3 Å². The first kappa shape index (κ1) is 24.8. The van der Waals surface area contributed by atoms with Crippen LogP contribution in [0, 0.1) is 12.8 Å². The van der Waals surface area contributed by atoms with E-state index in [1.54, 1.807) is 18.2 Å². The van der Waals surface area contributed by atoms with E-state index in [-0.39, 0.29) is 34.9 Å². The van der Waals surface area contributed by atoms with Crippen LogP contribution < -0.4 is 10.2 Å². The maximum absolute atomic E-state index is 13.3. The summed E-state index contributed by atoms with van der Waals surface area (Å²) in [6.07, 6.45) is 1.94. The number of rotatable bonds is 5.